The van der Waals surface area contributed by atoms with Gasteiger partial charge >= 0.3 is 0 Å². The summed E-state index contributed by atoms with van der Waals surface area (Å²) in [5.74, 6) is 1.48. The van der Waals surface area contributed by atoms with E-state index in [1.54, 1.807) is 7.11 Å². The molecule has 134 valence electrons. The molecule has 0 unspecified atom stereocenters. The standard InChI is InChI=1S/C20H22N4O2/c1-22-10-12-23(13-11-22)19-17-14-16(26-2)8-9-18(17)24(21-19)20(25)15-6-4-3-5-7-15/h3-9,14H,10-13H2,1-2H3. The van der Waals surface area contributed by atoms with Crippen LogP contribution in [0.15, 0.2) is 48.5 Å². The number of fused-ring (bicyclic) bond motifs is 1. The summed E-state index contributed by atoms with van der Waals surface area (Å²) in [6.45, 7) is 3.73. The van der Waals surface area contributed by atoms with Crippen LogP contribution < -0.4 is 9.64 Å². The summed E-state index contributed by atoms with van der Waals surface area (Å²) in [5, 5.41) is 5.65. The Balaban J connectivity index is 1.82. The molecule has 1 fully saturated rings. The Morgan fingerprint density at radius 3 is 2.46 bits per heavy atom. The SMILES string of the molecule is COc1ccc2c(c1)c(N1CCN(C)CC1)nn2C(=O)c1ccccc1. The maximum absolute atomic E-state index is 13.0. The van der Waals surface area contributed by atoms with Crippen molar-refractivity contribution in [1.29, 1.82) is 0 Å². The maximum atomic E-state index is 13.0. The van der Waals surface area contributed by atoms with E-state index in [1.807, 2.05) is 48.5 Å². The lowest BCUT2D eigenvalue weighted by Crippen LogP contribution is -2.44. The molecule has 1 saturated heterocycles. The summed E-state index contributed by atoms with van der Waals surface area (Å²) >= 11 is 0. The van der Waals surface area contributed by atoms with E-state index in [0.29, 0.717) is 5.56 Å². The largest absolute Gasteiger partial charge is 0.497 e. The molecule has 0 aliphatic carbocycles. The number of piperazine rings is 1. The summed E-state index contributed by atoms with van der Waals surface area (Å²) in [6.07, 6.45) is 0. The van der Waals surface area contributed by atoms with Gasteiger partial charge in [-0.15, -0.1) is 5.10 Å². The van der Waals surface area contributed by atoms with Crippen molar-refractivity contribution in [2.75, 3.05) is 45.2 Å². The molecule has 4 rings (SSSR count). The van der Waals surface area contributed by atoms with Crippen molar-refractivity contribution in [2.45, 2.75) is 0 Å². The van der Waals surface area contributed by atoms with E-state index < -0.39 is 0 Å². The molecule has 1 aliphatic rings. The second kappa shape index (κ2) is 6.80. The van der Waals surface area contributed by atoms with E-state index in [0.717, 1.165) is 48.6 Å². The van der Waals surface area contributed by atoms with Gasteiger partial charge in [-0.25, -0.2) is 0 Å². The van der Waals surface area contributed by atoms with Crippen LogP contribution in [-0.2, 0) is 0 Å². The van der Waals surface area contributed by atoms with E-state index >= 15 is 0 Å². The van der Waals surface area contributed by atoms with Gasteiger partial charge in [0, 0.05) is 37.1 Å². The van der Waals surface area contributed by atoms with Crippen LogP contribution in [0.3, 0.4) is 0 Å². The number of nitrogens with zero attached hydrogens (tertiary/aromatic N) is 4. The van der Waals surface area contributed by atoms with E-state index in [9.17, 15) is 4.79 Å². The van der Waals surface area contributed by atoms with Gasteiger partial charge in [-0.3, -0.25) is 4.79 Å². The van der Waals surface area contributed by atoms with Crippen LogP contribution in [-0.4, -0.2) is 60.9 Å². The molecule has 1 aromatic heterocycles. The lowest BCUT2D eigenvalue weighted by atomic mass is 10.2. The Labute approximate surface area is 152 Å². The zero-order valence-corrected chi connectivity index (χ0v) is 15.1. The number of rotatable bonds is 3. The van der Waals surface area contributed by atoms with Gasteiger partial charge in [-0.2, -0.15) is 4.68 Å². The summed E-state index contributed by atoms with van der Waals surface area (Å²) in [4.78, 5) is 17.5. The van der Waals surface area contributed by atoms with Gasteiger partial charge in [0.25, 0.3) is 5.91 Å². The van der Waals surface area contributed by atoms with E-state index in [4.69, 9.17) is 9.84 Å². The number of hydrogen-bond donors (Lipinski definition) is 0. The highest BCUT2D eigenvalue weighted by molar-refractivity contribution is 6.04. The van der Waals surface area contributed by atoms with Crippen LogP contribution in [0.1, 0.15) is 10.4 Å². The monoisotopic (exact) mass is 350 g/mol. The second-order valence-electron chi connectivity index (χ2n) is 6.58. The predicted molar refractivity (Wildman–Crippen MR) is 102 cm³/mol. The minimum Gasteiger partial charge on any atom is -0.497 e. The van der Waals surface area contributed by atoms with Crippen molar-refractivity contribution in [2.24, 2.45) is 0 Å². The highest BCUT2D eigenvalue weighted by atomic mass is 16.5. The molecule has 26 heavy (non-hydrogen) atoms. The molecule has 1 aliphatic heterocycles. The third-order valence-corrected chi connectivity index (χ3v) is 4.88. The summed E-state index contributed by atoms with van der Waals surface area (Å²) in [5.41, 5.74) is 1.42. The van der Waals surface area contributed by atoms with Gasteiger partial charge < -0.3 is 14.5 Å². The fraction of sp³-hybridized carbons (Fsp3) is 0.300. The topological polar surface area (TPSA) is 50.6 Å². The first-order valence-electron chi connectivity index (χ1n) is 8.77. The minimum atomic E-state index is -0.124. The average Bonchev–Trinajstić information content (AvgIpc) is 3.07. The summed E-state index contributed by atoms with van der Waals surface area (Å²) < 4.78 is 6.90. The summed E-state index contributed by atoms with van der Waals surface area (Å²) in [6, 6.07) is 15.0. The fourth-order valence-corrected chi connectivity index (χ4v) is 3.32. The van der Waals surface area contributed by atoms with Crippen molar-refractivity contribution < 1.29 is 9.53 Å². The van der Waals surface area contributed by atoms with Gasteiger partial charge in [-0.1, -0.05) is 18.2 Å². The Bertz CT molecular complexity index is 928. The number of benzene rings is 2. The van der Waals surface area contributed by atoms with Gasteiger partial charge in [0.15, 0.2) is 5.82 Å². The van der Waals surface area contributed by atoms with Crippen LogP contribution in [0.4, 0.5) is 5.82 Å². The molecular weight excluding hydrogens is 328 g/mol. The first-order chi connectivity index (χ1) is 12.7. The number of carbonyl (C=O) groups is 1. The minimum absolute atomic E-state index is 0.124. The number of hydrogen-bond acceptors (Lipinski definition) is 5. The Kier molecular flexibility index (Phi) is 4.34. The van der Waals surface area contributed by atoms with Crippen LogP contribution >= 0.6 is 0 Å². The molecule has 3 aromatic rings. The first-order valence-corrected chi connectivity index (χ1v) is 8.77. The lowest BCUT2D eigenvalue weighted by molar-refractivity contribution is 0.0950. The third kappa shape index (κ3) is 2.93. The zero-order valence-electron chi connectivity index (χ0n) is 15.1. The quantitative estimate of drug-likeness (QED) is 0.726. The predicted octanol–water partition coefficient (Wildman–Crippen LogP) is 2.49. The number of ether oxygens (including phenoxy) is 1. The molecule has 0 amide bonds. The molecule has 6 heteroatoms. The molecule has 0 bridgehead atoms. The molecule has 0 atom stereocenters. The first kappa shape index (κ1) is 16.6. The smallest absolute Gasteiger partial charge is 0.278 e. The van der Waals surface area contributed by atoms with Gasteiger partial charge in [0.1, 0.15) is 5.75 Å². The van der Waals surface area contributed by atoms with Crippen molar-refractivity contribution in [3.8, 4) is 5.75 Å². The number of aromatic nitrogens is 2. The van der Waals surface area contributed by atoms with Gasteiger partial charge in [0.2, 0.25) is 0 Å². The van der Waals surface area contributed by atoms with Crippen molar-refractivity contribution in [3.05, 3.63) is 54.1 Å². The number of anilines is 1. The molecule has 0 N–H and O–H groups in total. The van der Waals surface area contributed by atoms with Crippen molar-refractivity contribution in [1.82, 2.24) is 14.7 Å². The van der Waals surface area contributed by atoms with Crippen LogP contribution in [0.2, 0.25) is 0 Å². The second-order valence-corrected chi connectivity index (χ2v) is 6.58. The van der Waals surface area contributed by atoms with Crippen molar-refractivity contribution in [3.63, 3.8) is 0 Å². The third-order valence-electron chi connectivity index (χ3n) is 4.88. The van der Waals surface area contributed by atoms with Gasteiger partial charge in [-0.05, 0) is 37.4 Å². The molecule has 0 spiro atoms. The molecule has 2 aromatic carbocycles. The van der Waals surface area contributed by atoms with Crippen molar-refractivity contribution >= 4 is 22.6 Å². The maximum Gasteiger partial charge on any atom is 0.278 e. The molecule has 0 saturated carbocycles. The lowest BCUT2D eigenvalue weighted by Gasteiger charge is -2.32. The molecular formula is C20H22N4O2. The molecule has 6 nitrogen and oxygen atoms in total. The normalized spacial score (nSPS) is 15.4. The van der Waals surface area contributed by atoms with Gasteiger partial charge in [0.05, 0.1) is 12.6 Å². The van der Waals surface area contributed by atoms with Crippen LogP contribution in [0, 0.1) is 0 Å². The Morgan fingerprint density at radius 2 is 1.77 bits per heavy atom. The van der Waals surface area contributed by atoms with E-state index in [1.165, 1.54) is 4.68 Å². The number of methoxy groups -OCH3 is 1. The van der Waals surface area contributed by atoms with E-state index in [2.05, 4.69) is 16.8 Å². The number of carbonyl (C=O) groups excluding carboxylic acids is 1. The highest BCUT2D eigenvalue weighted by Gasteiger charge is 2.23. The van der Waals surface area contributed by atoms with E-state index in [-0.39, 0.29) is 5.91 Å². The average molecular weight is 350 g/mol. The molecule has 0 radical (unpaired) electrons. The number of likely N-dealkylation sites (N-methyl/N-ethyl adjacent to an activating group) is 1. The fourth-order valence-electron chi connectivity index (χ4n) is 3.32. The zero-order chi connectivity index (χ0) is 18.1. The Morgan fingerprint density at radius 1 is 1.04 bits per heavy atom. The Hall–Kier alpha value is -2.86. The highest BCUT2D eigenvalue weighted by Crippen LogP contribution is 2.30. The van der Waals surface area contributed by atoms with Crippen LogP contribution in [0.25, 0.3) is 10.9 Å². The molecule has 2 heterocycles. The summed E-state index contributed by atoms with van der Waals surface area (Å²) in [7, 11) is 3.77. The van der Waals surface area contributed by atoms with Crippen LogP contribution in [0.5, 0.6) is 5.75 Å².